The van der Waals surface area contributed by atoms with Crippen molar-refractivity contribution in [1.29, 1.82) is 0 Å². The summed E-state index contributed by atoms with van der Waals surface area (Å²) in [4.78, 5) is 18.6. The number of hydrogen-bond donors (Lipinski definition) is 0. The molecule has 0 aromatic heterocycles. The Morgan fingerprint density at radius 2 is 1.62 bits per heavy atom. The van der Waals surface area contributed by atoms with Crippen molar-refractivity contribution in [3.05, 3.63) is 30.1 Å². The van der Waals surface area contributed by atoms with Crippen LogP contribution in [-0.4, -0.2) is 65.0 Å². The molecule has 2 saturated heterocycles. The lowest BCUT2D eigenvalue weighted by molar-refractivity contribution is -0.128. The second kappa shape index (κ2) is 8.16. The number of nitrogens with zero attached hydrogens (tertiary/aromatic N) is 3. The lowest BCUT2D eigenvalue weighted by atomic mass is 10.2. The van der Waals surface area contributed by atoms with Gasteiger partial charge in [0.05, 0.1) is 5.75 Å². The largest absolute Gasteiger partial charge is 0.368 e. The average molecular weight is 368 g/mol. The molecule has 0 N–H and O–H groups in total. The Bertz CT molecular complexity index is 582. The van der Waals surface area contributed by atoms with Crippen LogP contribution in [0.5, 0.6) is 0 Å². The number of likely N-dealkylation sites (tertiary alicyclic amines) is 1. The zero-order chi connectivity index (χ0) is 16.9. The maximum atomic E-state index is 13.0. The molecule has 2 aliphatic heterocycles. The second-order valence-corrected chi connectivity index (χ2v) is 7.70. The Balaban J connectivity index is 1.43. The fourth-order valence-electron chi connectivity index (χ4n) is 3.07. The van der Waals surface area contributed by atoms with E-state index in [0.29, 0.717) is 18.8 Å². The zero-order valence-corrected chi connectivity index (χ0v) is 15.3. The van der Waals surface area contributed by atoms with E-state index < -0.39 is 0 Å². The fourth-order valence-corrected chi connectivity index (χ4v) is 4.23. The van der Waals surface area contributed by atoms with Gasteiger partial charge in [0.2, 0.25) is 5.91 Å². The molecule has 3 rings (SSSR count). The lowest BCUT2D eigenvalue weighted by Gasteiger charge is -2.36. The monoisotopic (exact) mass is 367 g/mol. The third-order valence-corrected chi connectivity index (χ3v) is 6.02. The molecule has 0 atom stereocenters. The van der Waals surface area contributed by atoms with Crippen LogP contribution in [0.2, 0.25) is 0 Å². The Morgan fingerprint density at radius 3 is 2.25 bits per heavy atom. The van der Waals surface area contributed by atoms with Gasteiger partial charge in [-0.25, -0.2) is 4.39 Å². The first-order valence-electron chi connectivity index (χ1n) is 8.33. The maximum Gasteiger partial charge on any atom is 0.233 e. The summed E-state index contributed by atoms with van der Waals surface area (Å²) in [6.45, 7) is 5.00. The Morgan fingerprint density at radius 1 is 1.00 bits per heavy atom. The van der Waals surface area contributed by atoms with Crippen LogP contribution in [0, 0.1) is 5.82 Å². The molecule has 0 spiro atoms. The zero-order valence-electron chi connectivity index (χ0n) is 13.6. The van der Waals surface area contributed by atoms with E-state index in [9.17, 15) is 9.18 Å². The summed E-state index contributed by atoms with van der Waals surface area (Å²) in [7, 11) is 0. The van der Waals surface area contributed by atoms with Gasteiger partial charge in [-0.3, -0.25) is 4.79 Å². The Kier molecular flexibility index (Phi) is 5.94. The minimum Gasteiger partial charge on any atom is -0.368 e. The van der Waals surface area contributed by atoms with Gasteiger partial charge >= 0.3 is 0 Å². The summed E-state index contributed by atoms with van der Waals surface area (Å²) in [5.41, 5.74) is 1.01. The molecule has 0 saturated carbocycles. The van der Waals surface area contributed by atoms with Crippen molar-refractivity contribution in [2.45, 2.75) is 12.8 Å². The van der Waals surface area contributed by atoms with E-state index in [1.807, 2.05) is 4.90 Å². The van der Waals surface area contributed by atoms with E-state index in [4.69, 9.17) is 12.2 Å². The van der Waals surface area contributed by atoms with Crippen molar-refractivity contribution in [2.24, 2.45) is 0 Å². The van der Waals surface area contributed by atoms with Crippen LogP contribution in [0.4, 0.5) is 10.1 Å². The van der Waals surface area contributed by atoms with Crippen LogP contribution >= 0.6 is 24.0 Å². The first-order chi connectivity index (χ1) is 11.6. The molecule has 0 unspecified atom stereocenters. The molecule has 0 radical (unpaired) electrons. The van der Waals surface area contributed by atoms with Gasteiger partial charge in [0.1, 0.15) is 10.1 Å². The first kappa shape index (κ1) is 17.5. The van der Waals surface area contributed by atoms with Gasteiger partial charge in [-0.15, -0.1) is 0 Å². The summed E-state index contributed by atoms with van der Waals surface area (Å²) < 4.78 is 13.8. The minimum absolute atomic E-state index is 0.153. The molecule has 2 aliphatic rings. The number of amides is 1. The van der Waals surface area contributed by atoms with Gasteiger partial charge < -0.3 is 14.7 Å². The highest BCUT2D eigenvalue weighted by Gasteiger charge is 2.22. The molecule has 4 nitrogen and oxygen atoms in total. The van der Waals surface area contributed by atoms with Crippen LogP contribution in [-0.2, 0) is 4.79 Å². The molecule has 0 aliphatic carbocycles. The van der Waals surface area contributed by atoms with Crippen molar-refractivity contribution in [1.82, 2.24) is 9.80 Å². The molecule has 7 heteroatoms. The van der Waals surface area contributed by atoms with Gasteiger partial charge in [0.25, 0.3) is 0 Å². The summed E-state index contributed by atoms with van der Waals surface area (Å²) in [6, 6.07) is 6.53. The van der Waals surface area contributed by atoms with E-state index in [1.165, 1.54) is 36.7 Å². The quantitative estimate of drug-likeness (QED) is 0.766. The normalized spacial score (nSPS) is 18.1. The van der Waals surface area contributed by atoms with Crippen LogP contribution < -0.4 is 4.90 Å². The SMILES string of the molecule is O=C(CSC(=S)N1CCCC1)N1CCN(c2ccc(F)cc2)CC1. The molecular formula is C17H22FN3OS2. The van der Waals surface area contributed by atoms with E-state index >= 15 is 0 Å². The Labute approximate surface area is 152 Å². The standard InChI is InChI=1S/C17H22FN3OS2/c18-14-3-5-15(6-4-14)19-9-11-20(12-10-19)16(22)13-24-17(23)21-7-1-2-8-21/h3-6H,1-2,7-13H2. The highest BCUT2D eigenvalue weighted by molar-refractivity contribution is 8.23. The lowest BCUT2D eigenvalue weighted by Crippen LogP contribution is -2.49. The first-order valence-corrected chi connectivity index (χ1v) is 9.73. The number of halogens is 1. The van der Waals surface area contributed by atoms with E-state index in [1.54, 1.807) is 12.1 Å². The number of carbonyl (C=O) groups is 1. The third-order valence-electron chi connectivity index (χ3n) is 4.51. The molecule has 1 amide bonds. The van der Waals surface area contributed by atoms with Gasteiger partial charge in [0, 0.05) is 45.0 Å². The number of carbonyl (C=O) groups excluding carboxylic acids is 1. The molecule has 2 heterocycles. The smallest absolute Gasteiger partial charge is 0.233 e. The van der Waals surface area contributed by atoms with Crippen molar-refractivity contribution >= 4 is 39.9 Å². The minimum atomic E-state index is -0.224. The number of anilines is 1. The summed E-state index contributed by atoms with van der Waals surface area (Å²) in [5.74, 6) is 0.352. The number of piperazine rings is 1. The predicted octanol–water partition coefficient (Wildman–Crippen LogP) is 2.59. The van der Waals surface area contributed by atoms with Crippen LogP contribution in [0.1, 0.15) is 12.8 Å². The number of hydrogen-bond acceptors (Lipinski definition) is 4. The average Bonchev–Trinajstić information content (AvgIpc) is 3.15. The van der Waals surface area contributed by atoms with E-state index in [-0.39, 0.29) is 11.7 Å². The molecule has 1 aromatic rings. The van der Waals surface area contributed by atoms with Gasteiger partial charge in [-0.2, -0.15) is 0 Å². The van der Waals surface area contributed by atoms with Gasteiger partial charge in [-0.1, -0.05) is 24.0 Å². The van der Waals surface area contributed by atoms with Gasteiger partial charge in [0.15, 0.2) is 0 Å². The van der Waals surface area contributed by atoms with E-state index in [2.05, 4.69) is 9.80 Å². The fraction of sp³-hybridized carbons (Fsp3) is 0.529. The van der Waals surface area contributed by atoms with Crippen LogP contribution in [0.15, 0.2) is 24.3 Å². The van der Waals surface area contributed by atoms with Crippen LogP contribution in [0.3, 0.4) is 0 Å². The molecule has 24 heavy (non-hydrogen) atoms. The van der Waals surface area contributed by atoms with Crippen LogP contribution in [0.25, 0.3) is 0 Å². The molecule has 130 valence electrons. The molecule has 1 aromatic carbocycles. The molecular weight excluding hydrogens is 345 g/mol. The highest BCUT2D eigenvalue weighted by Crippen LogP contribution is 2.19. The van der Waals surface area contributed by atoms with Crippen molar-refractivity contribution in [3.8, 4) is 0 Å². The number of rotatable bonds is 3. The van der Waals surface area contributed by atoms with Crippen molar-refractivity contribution < 1.29 is 9.18 Å². The number of benzene rings is 1. The summed E-state index contributed by atoms with van der Waals surface area (Å²) in [5, 5.41) is 0. The highest BCUT2D eigenvalue weighted by atomic mass is 32.2. The number of thiocarbonyl (C=S) groups is 1. The van der Waals surface area contributed by atoms with Gasteiger partial charge in [-0.05, 0) is 37.1 Å². The van der Waals surface area contributed by atoms with Crippen molar-refractivity contribution in [3.63, 3.8) is 0 Å². The Hall–Kier alpha value is -1.34. The predicted molar refractivity (Wildman–Crippen MR) is 101 cm³/mol. The molecule has 2 fully saturated rings. The van der Waals surface area contributed by atoms with Crippen molar-refractivity contribution in [2.75, 3.05) is 49.9 Å². The summed E-state index contributed by atoms with van der Waals surface area (Å²) in [6.07, 6.45) is 2.39. The maximum absolute atomic E-state index is 13.0. The summed E-state index contributed by atoms with van der Waals surface area (Å²) >= 11 is 6.89. The topological polar surface area (TPSA) is 26.8 Å². The number of thioether (sulfide) groups is 1. The molecule has 0 bridgehead atoms. The third kappa shape index (κ3) is 4.39. The van der Waals surface area contributed by atoms with E-state index in [0.717, 1.165) is 36.2 Å². The second-order valence-electron chi connectivity index (χ2n) is 6.09.